The highest BCUT2D eigenvalue weighted by Gasteiger charge is 2.27. The quantitative estimate of drug-likeness (QED) is 0.723. The molecule has 4 nitrogen and oxygen atoms in total. The molecule has 14 heavy (non-hydrogen) atoms. The standard InChI is InChI=1S/C9H10ClN3O/c1-2-5-3-6(14)13-9-7(5)8(10)11-4-12-9/h4-5H,2-3H2,1H3,(H,11,12,13,14)/t5-/m1/s1. The van der Waals surface area contributed by atoms with Gasteiger partial charge in [0.15, 0.2) is 0 Å². The SMILES string of the molecule is CC[C@@H]1CC(=O)Nc2ncnc(Cl)c21. The number of carbonyl (C=O) groups is 1. The van der Waals surface area contributed by atoms with Gasteiger partial charge in [0.1, 0.15) is 17.3 Å². The Balaban J connectivity index is 2.51. The molecule has 2 rings (SSSR count). The second-order valence-corrected chi connectivity index (χ2v) is 3.64. The van der Waals surface area contributed by atoms with Gasteiger partial charge in [-0.1, -0.05) is 18.5 Å². The number of hydrogen-bond donors (Lipinski definition) is 1. The van der Waals surface area contributed by atoms with E-state index in [0.29, 0.717) is 17.4 Å². The molecule has 0 aromatic carbocycles. The van der Waals surface area contributed by atoms with Crippen molar-refractivity contribution < 1.29 is 4.79 Å². The van der Waals surface area contributed by atoms with E-state index in [9.17, 15) is 4.79 Å². The lowest BCUT2D eigenvalue weighted by molar-refractivity contribution is -0.116. The lowest BCUT2D eigenvalue weighted by Crippen LogP contribution is -2.24. The van der Waals surface area contributed by atoms with E-state index >= 15 is 0 Å². The summed E-state index contributed by atoms with van der Waals surface area (Å²) in [6.45, 7) is 2.02. The van der Waals surface area contributed by atoms with Gasteiger partial charge in [-0.05, 0) is 12.3 Å². The van der Waals surface area contributed by atoms with Gasteiger partial charge < -0.3 is 5.32 Å². The zero-order valence-electron chi connectivity index (χ0n) is 7.75. The summed E-state index contributed by atoms with van der Waals surface area (Å²) in [6, 6.07) is 0. The minimum Gasteiger partial charge on any atom is -0.310 e. The van der Waals surface area contributed by atoms with Gasteiger partial charge in [-0.25, -0.2) is 9.97 Å². The molecule has 1 aromatic heterocycles. The summed E-state index contributed by atoms with van der Waals surface area (Å²) in [5.74, 6) is 0.708. The fourth-order valence-electron chi connectivity index (χ4n) is 1.69. The summed E-state index contributed by atoms with van der Waals surface area (Å²) in [7, 11) is 0. The van der Waals surface area contributed by atoms with E-state index in [-0.39, 0.29) is 11.8 Å². The van der Waals surface area contributed by atoms with Crippen LogP contribution in [0, 0.1) is 0 Å². The predicted octanol–water partition coefficient (Wildman–Crippen LogP) is 1.97. The number of hydrogen-bond acceptors (Lipinski definition) is 3. The molecule has 1 aliphatic heterocycles. The first-order chi connectivity index (χ1) is 6.72. The molecule has 1 atom stereocenters. The molecule has 1 N–H and O–H groups in total. The molecule has 0 saturated carbocycles. The largest absolute Gasteiger partial charge is 0.310 e. The summed E-state index contributed by atoms with van der Waals surface area (Å²) in [4.78, 5) is 19.2. The smallest absolute Gasteiger partial charge is 0.226 e. The molecule has 1 aromatic rings. The van der Waals surface area contributed by atoms with Crippen molar-refractivity contribution in [3.63, 3.8) is 0 Å². The van der Waals surface area contributed by atoms with Gasteiger partial charge in [-0.2, -0.15) is 0 Å². The topological polar surface area (TPSA) is 54.9 Å². The number of carbonyl (C=O) groups excluding carboxylic acids is 1. The monoisotopic (exact) mass is 211 g/mol. The van der Waals surface area contributed by atoms with Crippen molar-refractivity contribution in [3.8, 4) is 0 Å². The lowest BCUT2D eigenvalue weighted by Gasteiger charge is -2.23. The first-order valence-corrected chi connectivity index (χ1v) is 4.90. The fraction of sp³-hybridized carbons (Fsp3) is 0.444. The number of nitrogens with zero attached hydrogens (tertiary/aromatic N) is 2. The van der Waals surface area contributed by atoms with Crippen molar-refractivity contribution in [1.82, 2.24) is 9.97 Å². The Hall–Kier alpha value is -1.16. The maximum absolute atomic E-state index is 11.3. The number of rotatable bonds is 1. The Bertz CT molecular complexity index is 380. The minimum atomic E-state index is -0.000818. The van der Waals surface area contributed by atoms with Gasteiger partial charge in [0.2, 0.25) is 5.91 Å². The Morgan fingerprint density at radius 3 is 3.14 bits per heavy atom. The highest BCUT2D eigenvalue weighted by Crippen LogP contribution is 2.36. The molecule has 2 heterocycles. The Labute approximate surface area is 86.7 Å². The van der Waals surface area contributed by atoms with Crippen LogP contribution >= 0.6 is 11.6 Å². The molecular formula is C9H10ClN3O. The molecule has 0 aliphatic carbocycles. The van der Waals surface area contributed by atoms with E-state index in [1.807, 2.05) is 6.92 Å². The van der Waals surface area contributed by atoms with Gasteiger partial charge in [0.25, 0.3) is 0 Å². The van der Waals surface area contributed by atoms with E-state index in [4.69, 9.17) is 11.6 Å². The first kappa shape index (κ1) is 9.40. The average Bonchev–Trinajstić information content (AvgIpc) is 2.16. The van der Waals surface area contributed by atoms with Crippen LogP contribution in [0.5, 0.6) is 0 Å². The van der Waals surface area contributed by atoms with Crippen LogP contribution in [0.1, 0.15) is 31.2 Å². The molecule has 5 heteroatoms. The third kappa shape index (κ3) is 1.46. The van der Waals surface area contributed by atoms with Crippen LogP contribution in [-0.4, -0.2) is 15.9 Å². The number of nitrogens with one attached hydrogen (secondary N) is 1. The first-order valence-electron chi connectivity index (χ1n) is 4.52. The van der Waals surface area contributed by atoms with E-state index in [0.717, 1.165) is 12.0 Å². The van der Waals surface area contributed by atoms with Gasteiger partial charge >= 0.3 is 0 Å². The average molecular weight is 212 g/mol. The maximum atomic E-state index is 11.3. The van der Waals surface area contributed by atoms with E-state index in [2.05, 4.69) is 15.3 Å². The molecule has 0 bridgehead atoms. The maximum Gasteiger partial charge on any atom is 0.226 e. The third-order valence-corrected chi connectivity index (χ3v) is 2.73. The predicted molar refractivity (Wildman–Crippen MR) is 53.3 cm³/mol. The highest BCUT2D eigenvalue weighted by molar-refractivity contribution is 6.30. The van der Waals surface area contributed by atoms with Crippen molar-refractivity contribution in [2.45, 2.75) is 25.7 Å². The van der Waals surface area contributed by atoms with Crippen LogP contribution in [-0.2, 0) is 4.79 Å². The van der Waals surface area contributed by atoms with Gasteiger partial charge in [0.05, 0.1) is 0 Å². The van der Waals surface area contributed by atoms with Crippen LogP contribution in [0.4, 0.5) is 5.82 Å². The fourth-order valence-corrected chi connectivity index (χ4v) is 1.98. The number of fused-ring (bicyclic) bond motifs is 1. The molecule has 0 spiro atoms. The Kier molecular flexibility index (Phi) is 2.37. The van der Waals surface area contributed by atoms with Gasteiger partial charge in [0, 0.05) is 12.0 Å². The molecule has 0 saturated heterocycles. The second kappa shape index (κ2) is 3.53. The van der Waals surface area contributed by atoms with Crippen LogP contribution in [0.25, 0.3) is 0 Å². The van der Waals surface area contributed by atoms with E-state index in [1.165, 1.54) is 6.33 Å². The zero-order chi connectivity index (χ0) is 10.1. The Morgan fingerprint density at radius 2 is 2.43 bits per heavy atom. The van der Waals surface area contributed by atoms with Gasteiger partial charge in [-0.3, -0.25) is 4.79 Å². The van der Waals surface area contributed by atoms with Crippen molar-refractivity contribution in [3.05, 3.63) is 17.0 Å². The summed E-state index contributed by atoms with van der Waals surface area (Å²) in [5, 5.41) is 3.14. The normalized spacial score (nSPS) is 20.1. The van der Waals surface area contributed by atoms with Gasteiger partial charge in [-0.15, -0.1) is 0 Å². The molecule has 0 radical (unpaired) electrons. The molecule has 1 aliphatic rings. The molecule has 1 amide bonds. The highest BCUT2D eigenvalue weighted by atomic mass is 35.5. The number of aromatic nitrogens is 2. The van der Waals surface area contributed by atoms with E-state index < -0.39 is 0 Å². The van der Waals surface area contributed by atoms with Crippen molar-refractivity contribution >= 4 is 23.3 Å². The summed E-state index contributed by atoms with van der Waals surface area (Å²) in [6.07, 6.45) is 2.70. The number of anilines is 1. The van der Waals surface area contributed by atoms with Crippen LogP contribution in [0.2, 0.25) is 5.15 Å². The van der Waals surface area contributed by atoms with E-state index in [1.54, 1.807) is 0 Å². The summed E-state index contributed by atoms with van der Waals surface area (Å²) in [5.41, 5.74) is 0.872. The number of amides is 1. The molecule has 0 fully saturated rings. The Morgan fingerprint density at radius 1 is 1.64 bits per heavy atom. The van der Waals surface area contributed by atoms with Crippen molar-refractivity contribution in [2.75, 3.05) is 5.32 Å². The third-order valence-electron chi connectivity index (χ3n) is 2.43. The lowest BCUT2D eigenvalue weighted by atomic mass is 9.91. The molecular weight excluding hydrogens is 202 g/mol. The zero-order valence-corrected chi connectivity index (χ0v) is 8.51. The van der Waals surface area contributed by atoms with Crippen molar-refractivity contribution in [2.24, 2.45) is 0 Å². The van der Waals surface area contributed by atoms with Crippen molar-refractivity contribution in [1.29, 1.82) is 0 Å². The summed E-state index contributed by atoms with van der Waals surface area (Å²) < 4.78 is 0. The van der Waals surface area contributed by atoms with Crippen LogP contribution in [0.15, 0.2) is 6.33 Å². The van der Waals surface area contributed by atoms with Crippen LogP contribution < -0.4 is 5.32 Å². The summed E-state index contributed by atoms with van der Waals surface area (Å²) >= 11 is 5.96. The van der Waals surface area contributed by atoms with Crippen LogP contribution in [0.3, 0.4) is 0 Å². The molecule has 74 valence electrons. The minimum absolute atomic E-state index is 0.000818. The molecule has 0 unspecified atom stereocenters. The second-order valence-electron chi connectivity index (χ2n) is 3.28. The number of halogens is 1.